The first-order chi connectivity index (χ1) is 29.5. The monoisotopic (exact) mass is 902 g/mol. The molecule has 2 heterocycles. The van der Waals surface area contributed by atoms with Crippen molar-refractivity contribution in [2.75, 3.05) is 13.2 Å². The van der Waals surface area contributed by atoms with Gasteiger partial charge in [0.15, 0.2) is 0 Å². The van der Waals surface area contributed by atoms with E-state index in [0.29, 0.717) is 0 Å². The molecule has 0 spiro atoms. The Labute approximate surface area is 384 Å². The van der Waals surface area contributed by atoms with Crippen LogP contribution in [0.15, 0.2) is 60.7 Å². The van der Waals surface area contributed by atoms with E-state index >= 15 is 0 Å². The van der Waals surface area contributed by atoms with Gasteiger partial charge in [0.2, 0.25) is 24.1 Å². The fourth-order valence-corrected chi connectivity index (χ4v) is 8.71. The van der Waals surface area contributed by atoms with Crippen LogP contribution in [0.1, 0.15) is 86.6 Å². The van der Waals surface area contributed by atoms with Crippen LogP contribution >= 0.6 is 0 Å². The molecule has 4 aromatic rings. The summed E-state index contributed by atoms with van der Waals surface area (Å²) in [5.74, 6) is -10.1. The van der Waals surface area contributed by atoms with Gasteiger partial charge in [-0.05, 0) is 58.7 Å². The van der Waals surface area contributed by atoms with Crippen LogP contribution in [0, 0.1) is 0 Å². The number of aliphatic hydroxyl groups excluding tert-OH is 8. The van der Waals surface area contributed by atoms with Crippen molar-refractivity contribution >= 4 is 61.2 Å². The van der Waals surface area contributed by atoms with Gasteiger partial charge in [-0.2, -0.15) is 0 Å². The van der Waals surface area contributed by atoms with Crippen LogP contribution in [-0.2, 0) is 9.47 Å². The molecular formula is C42H38CaO20. The fourth-order valence-electron chi connectivity index (χ4n) is 8.71. The van der Waals surface area contributed by atoms with Crippen LogP contribution in [0.4, 0.5) is 0 Å². The molecule has 21 heteroatoms. The quantitative estimate of drug-likeness (QED) is 0.0853. The van der Waals surface area contributed by atoms with E-state index in [1.165, 1.54) is 36.4 Å². The van der Waals surface area contributed by atoms with Crippen LogP contribution in [0.2, 0.25) is 0 Å². The molecule has 2 fully saturated rings. The standard InChI is InChI=1S/C42H38O20.Ca/c43-11-23-31(47)35(51)37(53)41(61-23)59-21-5-1-3-15-25(17-7-13(39(55)56)9-19(45)27(17)33(49)29(15)21)26-16-4-2-6-22(60-42-38(54)36(52)32(48)24(12-44)62-42)30(16)34(50)28-18(26)8-14(40(57)58)10-20(28)46;/h1-10,23-26,31-32,35-38,41-48,51-54H,11-12H2,(H,55,56)(H,57,58);/t23-,24-,25-,26+,31-,32-,35+,36+,37-,38-,41-,42-;/m1./s1. The molecule has 2 aliphatic heterocycles. The predicted molar refractivity (Wildman–Crippen MR) is 208 cm³/mol. The third kappa shape index (κ3) is 7.63. The summed E-state index contributed by atoms with van der Waals surface area (Å²) in [4.78, 5) is 54.2. The third-order valence-electron chi connectivity index (χ3n) is 11.7. The number of aromatic carboxylic acids is 2. The van der Waals surface area contributed by atoms with Gasteiger partial charge in [-0.15, -0.1) is 0 Å². The molecule has 2 saturated heterocycles. The number of ketones is 2. The molecule has 2 radical (unpaired) electrons. The average molecular weight is 903 g/mol. The summed E-state index contributed by atoms with van der Waals surface area (Å²) >= 11 is 0. The zero-order chi connectivity index (χ0) is 44.6. The third-order valence-corrected chi connectivity index (χ3v) is 11.7. The molecule has 12 atom stereocenters. The van der Waals surface area contributed by atoms with Gasteiger partial charge < -0.3 is 80.2 Å². The molecule has 8 rings (SSSR count). The number of fused-ring (bicyclic) bond motifs is 4. The average Bonchev–Trinajstić information content (AvgIpc) is 3.24. The Morgan fingerprint density at radius 3 is 1.22 bits per heavy atom. The molecule has 0 bridgehead atoms. The predicted octanol–water partition coefficient (Wildman–Crippen LogP) is -1.48. The minimum Gasteiger partial charge on any atom is -0.507 e. The van der Waals surface area contributed by atoms with Gasteiger partial charge in [-0.1, -0.05) is 24.3 Å². The first-order valence-electron chi connectivity index (χ1n) is 19.0. The number of carbonyl (C=O) groups is 4. The fraction of sp³-hybridized carbons (Fsp3) is 0.333. The molecule has 0 unspecified atom stereocenters. The second kappa shape index (κ2) is 17.7. The number of carbonyl (C=O) groups excluding carboxylic acids is 2. The summed E-state index contributed by atoms with van der Waals surface area (Å²) in [6, 6.07) is 11.9. The Kier molecular flexibility index (Phi) is 13.0. The first-order valence-corrected chi connectivity index (χ1v) is 19.0. The Bertz CT molecular complexity index is 2330. The molecule has 328 valence electrons. The molecule has 63 heavy (non-hydrogen) atoms. The molecular weight excluding hydrogens is 865 g/mol. The van der Waals surface area contributed by atoms with E-state index in [2.05, 4.69) is 0 Å². The number of aromatic hydroxyl groups is 2. The molecule has 0 saturated carbocycles. The summed E-state index contributed by atoms with van der Waals surface area (Å²) in [7, 11) is 0. The Morgan fingerprint density at radius 1 is 0.524 bits per heavy atom. The summed E-state index contributed by atoms with van der Waals surface area (Å²) in [5.41, 5.74) is -2.87. The number of phenolic OH excluding ortho intramolecular Hbond substituents is 2. The number of hydrogen-bond acceptors (Lipinski definition) is 18. The molecule has 0 aromatic heterocycles. The first kappa shape index (κ1) is 46.2. The van der Waals surface area contributed by atoms with E-state index in [0.717, 1.165) is 24.3 Å². The van der Waals surface area contributed by atoms with Crippen LogP contribution in [0.3, 0.4) is 0 Å². The minimum absolute atomic E-state index is 0. The SMILES string of the molecule is O=C(O)c1cc(O)c2c(c1)[C@@H]([C@H]1c3cc(C(=O)O)cc(O)c3C(=O)c3c(O[C@@H]4O[C@H](CO)[C@@H](O)[C@H](O)[C@H]4O)cccc31)c1cccc(O[C@@H]3O[C@H](CO)[C@@H](O)[C@H](O)[C@H]3O)c1C2=O.[Ca]. The summed E-state index contributed by atoms with van der Waals surface area (Å²) in [6.07, 6.45) is -17.7. The second-order valence-electron chi connectivity index (χ2n) is 15.2. The molecule has 12 N–H and O–H groups in total. The van der Waals surface area contributed by atoms with Gasteiger partial charge in [-0.3, -0.25) is 9.59 Å². The van der Waals surface area contributed by atoms with Gasteiger partial charge in [0.25, 0.3) is 0 Å². The Hall–Kier alpha value is -4.78. The number of ether oxygens (including phenoxy) is 4. The normalized spacial score (nSPS) is 29.6. The molecule has 0 amide bonds. The Morgan fingerprint density at radius 2 is 0.889 bits per heavy atom. The zero-order valence-corrected chi connectivity index (χ0v) is 34.7. The molecule has 4 aliphatic rings. The summed E-state index contributed by atoms with van der Waals surface area (Å²) in [6.45, 7) is -1.64. The van der Waals surface area contributed by atoms with Gasteiger partial charge in [-0.25, -0.2) is 9.59 Å². The van der Waals surface area contributed by atoms with Crippen molar-refractivity contribution in [1.29, 1.82) is 0 Å². The van der Waals surface area contributed by atoms with Crippen LogP contribution < -0.4 is 9.47 Å². The zero-order valence-electron chi connectivity index (χ0n) is 32.5. The van der Waals surface area contributed by atoms with Crippen molar-refractivity contribution < 1.29 is 99.4 Å². The van der Waals surface area contributed by atoms with E-state index in [9.17, 15) is 80.5 Å². The van der Waals surface area contributed by atoms with Crippen LogP contribution in [0.5, 0.6) is 23.0 Å². The maximum Gasteiger partial charge on any atom is 0.335 e. The number of aliphatic hydroxyl groups is 8. The van der Waals surface area contributed by atoms with Gasteiger partial charge >= 0.3 is 11.9 Å². The van der Waals surface area contributed by atoms with Gasteiger partial charge in [0.1, 0.15) is 71.8 Å². The maximum atomic E-state index is 14.7. The Balaban J connectivity index is 0.00000595. The second-order valence-corrected chi connectivity index (χ2v) is 15.2. The number of phenols is 2. The van der Waals surface area contributed by atoms with Crippen molar-refractivity contribution in [2.24, 2.45) is 0 Å². The largest absolute Gasteiger partial charge is 0.507 e. The number of carboxylic acids is 2. The van der Waals surface area contributed by atoms with Gasteiger partial charge in [0.05, 0.1) is 46.6 Å². The van der Waals surface area contributed by atoms with Crippen LogP contribution in [0.25, 0.3) is 0 Å². The summed E-state index contributed by atoms with van der Waals surface area (Å²) in [5, 5.41) is 126. The molecule has 2 aliphatic carbocycles. The number of carboxylic acid groups (broad SMARTS) is 2. The topological polar surface area (TPSA) is 348 Å². The molecule has 4 aromatic carbocycles. The van der Waals surface area contributed by atoms with Crippen molar-refractivity contribution in [2.45, 2.75) is 73.2 Å². The minimum atomic E-state index is -1.94. The van der Waals surface area contributed by atoms with E-state index in [4.69, 9.17) is 18.9 Å². The van der Waals surface area contributed by atoms with E-state index in [-0.39, 0.29) is 82.6 Å². The maximum absolute atomic E-state index is 14.7. The van der Waals surface area contributed by atoms with E-state index in [1.54, 1.807) is 0 Å². The van der Waals surface area contributed by atoms with Crippen molar-refractivity contribution in [3.63, 3.8) is 0 Å². The number of rotatable bonds is 9. The smallest absolute Gasteiger partial charge is 0.335 e. The number of hydrogen-bond donors (Lipinski definition) is 12. The van der Waals surface area contributed by atoms with Gasteiger partial charge in [0, 0.05) is 49.6 Å². The summed E-state index contributed by atoms with van der Waals surface area (Å²) < 4.78 is 23.0. The van der Waals surface area contributed by atoms with Crippen molar-refractivity contribution in [1.82, 2.24) is 0 Å². The van der Waals surface area contributed by atoms with Crippen molar-refractivity contribution in [3.05, 3.63) is 116 Å². The molecule has 20 nitrogen and oxygen atoms in total. The van der Waals surface area contributed by atoms with Crippen molar-refractivity contribution in [3.8, 4) is 23.0 Å². The number of benzene rings is 4. The van der Waals surface area contributed by atoms with E-state index < -0.39 is 144 Å². The van der Waals surface area contributed by atoms with E-state index in [1.807, 2.05) is 0 Å². The van der Waals surface area contributed by atoms with Crippen LogP contribution in [-0.4, -0.2) is 197 Å².